The van der Waals surface area contributed by atoms with Gasteiger partial charge < -0.3 is 16.2 Å². The first kappa shape index (κ1) is 16.3. The molecule has 6 heteroatoms. The third-order valence-electron chi connectivity index (χ3n) is 4.08. The van der Waals surface area contributed by atoms with Gasteiger partial charge in [-0.25, -0.2) is 4.99 Å². The minimum absolute atomic E-state index is 0.0991. The minimum atomic E-state index is -0.195. The van der Waals surface area contributed by atoms with Gasteiger partial charge in [-0.3, -0.25) is 9.69 Å². The van der Waals surface area contributed by atoms with Crippen LogP contribution in [0.4, 0.5) is 0 Å². The maximum Gasteiger partial charge on any atom is 0.254 e. The lowest BCUT2D eigenvalue weighted by atomic mass is 9.93. The zero-order valence-corrected chi connectivity index (χ0v) is 13.2. The molecule has 0 atom stereocenters. The number of hydrogen-bond donors (Lipinski definition) is 3. The van der Waals surface area contributed by atoms with Crippen molar-refractivity contribution in [3.63, 3.8) is 0 Å². The number of aliphatic hydroxyl groups excluding tert-OH is 1. The topological polar surface area (TPSA) is 91.0 Å². The molecule has 1 amide bonds. The first-order valence-corrected chi connectivity index (χ1v) is 7.53. The highest BCUT2D eigenvalue weighted by atomic mass is 16.3. The Morgan fingerprint density at radius 2 is 2.14 bits per heavy atom. The van der Waals surface area contributed by atoms with Crippen molar-refractivity contribution < 1.29 is 9.90 Å². The number of nitrogens with two attached hydrogens (primary N) is 1. The second-order valence-corrected chi connectivity index (χ2v) is 5.85. The van der Waals surface area contributed by atoms with Crippen LogP contribution in [0.15, 0.2) is 40.8 Å². The van der Waals surface area contributed by atoms with Crippen LogP contribution < -0.4 is 11.1 Å². The summed E-state index contributed by atoms with van der Waals surface area (Å²) in [5.74, 6) is 0.896. The Bertz CT molecular complexity index is 554. The van der Waals surface area contributed by atoms with Crippen molar-refractivity contribution in [3.05, 3.63) is 35.8 Å². The molecule has 1 aliphatic carbocycles. The highest BCUT2D eigenvalue weighted by molar-refractivity contribution is 6.17. The molecule has 0 bridgehead atoms. The summed E-state index contributed by atoms with van der Waals surface area (Å²) in [5, 5.41) is 12.8. The molecule has 0 unspecified atom stereocenters. The van der Waals surface area contributed by atoms with Crippen molar-refractivity contribution in [2.75, 3.05) is 7.05 Å². The van der Waals surface area contributed by atoms with Gasteiger partial charge in [0.25, 0.3) is 5.91 Å². The van der Waals surface area contributed by atoms with Gasteiger partial charge in [0.15, 0.2) is 0 Å². The summed E-state index contributed by atoms with van der Waals surface area (Å²) < 4.78 is 0. The zero-order chi connectivity index (χ0) is 16.3. The molecule has 0 aromatic heterocycles. The number of nitrogens with zero attached hydrogens (tertiary/aromatic N) is 2. The molecule has 1 saturated carbocycles. The zero-order valence-electron chi connectivity index (χ0n) is 13.2. The largest absolute Gasteiger partial charge is 0.404 e. The van der Waals surface area contributed by atoms with E-state index in [0.717, 1.165) is 25.7 Å². The fourth-order valence-electron chi connectivity index (χ4n) is 2.79. The van der Waals surface area contributed by atoms with E-state index >= 15 is 0 Å². The number of amidine groups is 1. The first-order valence-electron chi connectivity index (χ1n) is 7.53. The third-order valence-corrected chi connectivity index (χ3v) is 4.08. The van der Waals surface area contributed by atoms with Crippen molar-refractivity contribution in [1.82, 2.24) is 10.2 Å². The van der Waals surface area contributed by atoms with Gasteiger partial charge in [-0.2, -0.15) is 0 Å². The Balaban J connectivity index is 2.10. The molecule has 4 N–H and O–H groups in total. The highest BCUT2D eigenvalue weighted by Crippen LogP contribution is 2.20. The van der Waals surface area contributed by atoms with Crippen molar-refractivity contribution in [3.8, 4) is 0 Å². The lowest BCUT2D eigenvalue weighted by Crippen LogP contribution is -2.39. The molecule has 0 aromatic rings. The number of carbonyl (C=O) groups excluding carboxylic acids is 1. The van der Waals surface area contributed by atoms with E-state index in [1.807, 2.05) is 0 Å². The van der Waals surface area contributed by atoms with E-state index in [4.69, 9.17) is 5.73 Å². The Morgan fingerprint density at radius 3 is 2.73 bits per heavy atom. The van der Waals surface area contributed by atoms with Crippen LogP contribution in [0.2, 0.25) is 0 Å². The van der Waals surface area contributed by atoms with E-state index in [1.54, 1.807) is 20.0 Å². The Morgan fingerprint density at radius 1 is 1.50 bits per heavy atom. The van der Waals surface area contributed by atoms with Gasteiger partial charge in [-0.1, -0.05) is 6.58 Å². The fraction of sp³-hybridized carbons (Fsp3) is 0.500. The predicted molar refractivity (Wildman–Crippen MR) is 86.8 cm³/mol. The quantitative estimate of drug-likeness (QED) is 0.726. The van der Waals surface area contributed by atoms with Gasteiger partial charge in [-0.15, -0.1) is 0 Å². The number of likely N-dealkylation sites (N-methyl/N-ethyl adjacent to an activating group) is 1. The number of carbonyl (C=O) groups is 1. The van der Waals surface area contributed by atoms with Crippen molar-refractivity contribution in [1.29, 1.82) is 0 Å². The van der Waals surface area contributed by atoms with Gasteiger partial charge in [0, 0.05) is 30.4 Å². The Kier molecular flexibility index (Phi) is 5.03. The number of rotatable bonds is 3. The number of hydrogen-bond acceptors (Lipinski definition) is 5. The van der Waals surface area contributed by atoms with Crippen molar-refractivity contribution in [2.45, 2.75) is 44.8 Å². The van der Waals surface area contributed by atoms with Gasteiger partial charge in [0.05, 0.1) is 6.10 Å². The van der Waals surface area contributed by atoms with Crippen LogP contribution >= 0.6 is 0 Å². The Hall–Kier alpha value is -2.08. The summed E-state index contributed by atoms with van der Waals surface area (Å²) >= 11 is 0. The van der Waals surface area contributed by atoms with Crippen LogP contribution in [-0.4, -0.2) is 40.9 Å². The maximum absolute atomic E-state index is 12.0. The molecule has 1 heterocycles. The average molecular weight is 304 g/mol. The van der Waals surface area contributed by atoms with E-state index in [-0.39, 0.29) is 18.1 Å². The molecule has 0 spiro atoms. The summed E-state index contributed by atoms with van der Waals surface area (Å²) in [6.07, 6.45) is 6.32. The fourth-order valence-corrected chi connectivity index (χ4v) is 2.79. The monoisotopic (exact) mass is 304 g/mol. The molecule has 0 saturated heterocycles. The summed E-state index contributed by atoms with van der Waals surface area (Å²) in [6.45, 7) is 5.67. The number of nitrogens with one attached hydrogen (secondary N) is 1. The standard InChI is InChI=1S/C16H24N4O2/c1-10-8-12(9-17)15(20(3)16(10)22)19-11(2)18-13-4-6-14(21)7-5-13/h8-9,13-14,18,21H,2,4-7,17H2,1,3H3/b12-9-,19-15+/t13-,14-. The van der Waals surface area contributed by atoms with E-state index < -0.39 is 0 Å². The minimum Gasteiger partial charge on any atom is -0.404 e. The molecule has 2 rings (SSSR count). The normalized spacial score (nSPS) is 29.7. The summed E-state index contributed by atoms with van der Waals surface area (Å²) in [6, 6.07) is 0.257. The molecule has 6 nitrogen and oxygen atoms in total. The van der Waals surface area contributed by atoms with Crippen LogP contribution in [0.1, 0.15) is 32.6 Å². The first-order chi connectivity index (χ1) is 10.4. The van der Waals surface area contributed by atoms with Gasteiger partial charge in [-0.05, 0) is 38.7 Å². The second kappa shape index (κ2) is 6.79. The number of amides is 1. The predicted octanol–water partition coefficient (Wildman–Crippen LogP) is 1.01. The molecular formula is C16H24N4O2. The summed E-state index contributed by atoms with van der Waals surface area (Å²) in [5.41, 5.74) is 6.95. The van der Waals surface area contributed by atoms with Gasteiger partial charge in [0.2, 0.25) is 0 Å². The molecule has 0 aromatic carbocycles. The highest BCUT2D eigenvalue weighted by Gasteiger charge is 2.25. The SMILES string of the molecule is C=C(/N=C1\C(=C/N)C=C(C)C(=O)N1C)N[C@H]1CC[C@H](O)CC1. The molecule has 0 radical (unpaired) electrons. The summed E-state index contributed by atoms with van der Waals surface area (Å²) in [7, 11) is 1.67. The van der Waals surface area contributed by atoms with Crippen molar-refractivity contribution >= 4 is 11.7 Å². The van der Waals surface area contributed by atoms with E-state index in [0.29, 0.717) is 22.8 Å². The lowest BCUT2D eigenvalue weighted by molar-refractivity contribution is -0.122. The average Bonchev–Trinajstić information content (AvgIpc) is 2.50. The van der Waals surface area contributed by atoms with Crippen LogP contribution in [0.5, 0.6) is 0 Å². The molecule has 22 heavy (non-hydrogen) atoms. The Labute approximate surface area is 131 Å². The number of aliphatic hydroxyl groups is 1. The van der Waals surface area contributed by atoms with E-state index in [9.17, 15) is 9.90 Å². The van der Waals surface area contributed by atoms with Crippen LogP contribution in [0.25, 0.3) is 0 Å². The van der Waals surface area contributed by atoms with Crippen LogP contribution in [0.3, 0.4) is 0 Å². The van der Waals surface area contributed by atoms with Crippen LogP contribution in [0, 0.1) is 0 Å². The molecule has 120 valence electrons. The molecule has 1 aliphatic heterocycles. The lowest BCUT2D eigenvalue weighted by Gasteiger charge is -2.28. The summed E-state index contributed by atoms with van der Waals surface area (Å²) in [4.78, 5) is 17.9. The van der Waals surface area contributed by atoms with E-state index in [1.165, 1.54) is 11.1 Å². The maximum atomic E-state index is 12.0. The molecule has 2 aliphatic rings. The van der Waals surface area contributed by atoms with Gasteiger partial charge >= 0.3 is 0 Å². The third kappa shape index (κ3) is 3.57. The molecule has 1 fully saturated rings. The van der Waals surface area contributed by atoms with Crippen molar-refractivity contribution in [2.24, 2.45) is 10.7 Å². The van der Waals surface area contributed by atoms with Gasteiger partial charge in [0.1, 0.15) is 11.7 Å². The molecular weight excluding hydrogens is 280 g/mol. The smallest absolute Gasteiger partial charge is 0.254 e. The van der Waals surface area contributed by atoms with E-state index in [2.05, 4.69) is 16.9 Å². The number of aliphatic imine (C=N–C) groups is 1. The van der Waals surface area contributed by atoms with Crippen LogP contribution in [-0.2, 0) is 4.79 Å². The second-order valence-electron chi connectivity index (χ2n) is 5.85.